The lowest BCUT2D eigenvalue weighted by molar-refractivity contribution is -0.00877. The van der Waals surface area contributed by atoms with E-state index in [2.05, 4.69) is 171 Å². The third kappa shape index (κ3) is 18.9. The zero-order valence-electron chi connectivity index (χ0n) is 69.6. The van der Waals surface area contributed by atoms with Crippen LogP contribution in [0.2, 0.25) is 0 Å². The number of pyridine rings is 6. The fraction of sp³-hybridized carbons (Fsp3) is 0.322. The number of nitrogens with one attached hydrogen (secondary N) is 4. The Morgan fingerprint density at radius 3 is 1.23 bits per heavy atom. The molecule has 0 spiro atoms. The minimum atomic E-state index is -0.549. The number of piperidine rings is 3. The van der Waals surface area contributed by atoms with E-state index in [9.17, 15) is 18.7 Å². The highest BCUT2D eigenvalue weighted by Crippen LogP contribution is 2.38. The summed E-state index contributed by atoms with van der Waals surface area (Å²) < 4.78 is 29.9. The Kier molecular flexibility index (Phi) is 23.6. The SMILES string of the molecule is CC1=CC(Nc2cc(C)nc(-c3ccc(N4CC5CC(C4)N5)nc3)n2)=NC1.Cc1cc(Cc2cc(C)[nH]n2)nc(-c2ccc(N3CC4CC(C3)N4Cc3ccc(-n4cc(CF)cn4)nc3)nc2)n1.Cc1cc(Cc2cc(C)[nH]n2)nc(-c2ccc(N3CC4CC(C3)N4Cc3ccc(-n4cc(CO)cn4)nc3)nc2)n1.O=Cc1ccc(-n2cc(CF)cn2)nc1. The molecule has 24 rings (SSSR count). The second kappa shape index (κ2) is 36.1. The van der Waals surface area contributed by atoms with Gasteiger partial charge in [-0.05, 0) is 169 Å². The van der Waals surface area contributed by atoms with Gasteiger partial charge in [-0.3, -0.25) is 29.8 Å². The Morgan fingerprint density at radius 1 is 0.444 bits per heavy atom. The molecule has 14 aromatic heterocycles. The minimum absolute atomic E-state index is 0.0263. The third-order valence-electron chi connectivity index (χ3n) is 23.0. The predicted molar refractivity (Wildman–Crippen MR) is 464 cm³/mol. The van der Waals surface area contributed by atoms with Gasteiger partial charge in [-0.2, -0.15) is 25.5 Å². The summed E-state index contributed by atoms with van der Waals surface area (Å²) >= 11 is 0. The number of piperazine rings is 3. The molecule has 6 unspecified atom stereocenters. The van der Waals surface area contributed by atoms with E-state index in [0.29, 0.717) is 101 Å². The van der Waals surface area contributed by atoms with Crippen LogP contribution in [-0.4, -0.2) is 219 Å². The van der Waals surface area contributed by atoms with Crippen LogP contribution < -0.4 is 25.3 Å². The van der Waals surface area contributed by atoms with Crippen LogP contribution in [0.1, 0.15) is 116 Å². The first-order chi connectivity index (χ1) is 60.5. The average molecular weight is 1670 g/mol. The molecule has 0 aliphatic carbocycles. The molecular weight excluding hydrogens is 1570 g/mol. The summed E-state index contributed by atoms with van der Waals surface area (Å²) in [6, 6.07) is 37.1. The number of aromatic amines is 2. The molecule has 6 bridgehead atoms. The van der Waals surface area contributed by atoms with Gasteiger partial charge in [0.05, 0.1) is 54.5 Å². The van der Waals surface area contributed by atoms with Crippen molar-refractivity contribution in [3.63, 3.8) is 0 Å². The van der Waals surface area contributed by atoms with Crippen LogP contribution in [0.15, 0.2) is 194 Å². The number of rotatable bonds is 22. The highest BCUT2D eigenvalue weighted by Gasteiger charge is 2.46. The molecule has 0 amide bonds. The normalized spacial score (nSPS) is 18.6. The van der Waals surface area contributed by atoms with Crippen LogP contribution >= 0.6 is 0 Å². The number of H-pyrrole nitrogens is 2. The van der Waals surface area contributed by atoms with Crippen molar-refractivity contribution < 1.29 is 18.7 Å². The minimum Gasteiger partial charge on any atom is -0.392 e. The number of aromatic nitrogens is 22. The number of aliphatic imine (C=N–C) groups is 1. The zero-order valence-corrected chi connectivity index (χ0v) is 69.6. The number of alkyl halides is 2. The number of aryl methyl sites for hydroxylation is 5. The van der Waals surface area contributed by atoms with Gasteiger partial charge in [-0.1, -0.05) is 12.1 Å². The second-order valence-corrected chi connectivity index (χ2v) is 32.7. The quantitative estimate of drug-likeness (QED) is 0.0394. The number of anilines is 4. The van der Waals surface area contributed by atoms with Crippen molar-refractivity contribution >= 4 is 35.4 Å². The van der Waals surface area contributed by atoms with E-state index in [1.807, 2.05) is 114 Å². The molecule has 5 N–H and O–H groups in total. The Labute approximate surface area is 714 Å². The molecule has 0 saturated carbocycles. The number of hydrogen-bond donors (Lipinski definition) is 5. The predicted octanol–water partition coefficient (Wildman–Crippen LogP) is 10.7. The highest BCUT2D eigenvalue weighted by atomic mass is 19.1. The number of aliphatic hydroxyl groups is 1. The molecule has 14 aromatic rings. The van der Waals surface area contributed by atoms with E-state index >= 15 is 0 Å². The van der Waals surface area contributed by atoms with Crippen LogP contribution in [0.3, 0.4) is 0 Å². The van der Waals surface area contributed by atoms with Gasteiger partial charge in [0.15, 0.2) is 41.2 Å². The van der Waals surface area contributed by atoms with E-state index in [-0.39, 0.29) is 6.61 Å². The molecule has 0 radical (unpaired) electrons. The van der Waals surface area contributed by atoms with Crippen molar-refractivity contribution in [2.75, 3.05) is 65.8 Å². The molecule has 24 heterocycles. The van der Waals surface area contributed by atoms with E-state index in [1.54, 1.807) is 46.3 Å². The summed E-state index contributed by atoms with van der Waals surface area (Å²) in [7, 11) is 0. The van der Waals surface area contributed by atoms with E-state index in [1.165, 1.54) is 53.7 Å². The smallest absolute Gasteiger partial charge is 0.163 e. The monoisotopic (exact) mass is 1660 g/mol. The van der Waals surface area contributed by atoms with Gasteiger partial charge in [0, 0.05) is 231 Å². The van der Waals surface area contributed by atoms with Crippen LogP contribution in [0.4, 0.5) is 32.1 Å². The molecule has 10 aliphatic heterocycles. The Morgan fingerprint density at radius 2 is 0.863 bits per heavy atom. The first-order valence-corrected chi connectivity index (χ1v) is 41.6. The Balaban J connectivity index is 0.000000119. The largest absolute Gasteiger partial charge is 0.392 e. The van der Waals surface area contributed by atoms with Gasteiger partial charge in [0.1, 0.15) is 42.5 Å². The molecular formula is C90H94F2N30O2. The van der Waals surface area contributed by atoms with Gasteiger partial charge in [-0.15, -0.1) is 0 Å². The summed E-state index contributed by atoms with van der Waals surface area (Å²) in [5.74, 6) is 8.68. The van der Waals surface area contributed by atoms with Crippen molar-refractivity contribution in [3.8, 4) is 51.6 Å². The fourth-order valence-electron chi connectivity index (χ4n) is 16.8. The maximum absolute atomic E-state index is 12.8. The number of halogens is 2. The number of amidine groups is 1. The first kappa shape index (κ1) is 81.2. The number of carbonyl (C=O) groups is 1. The number of carbonyl (C=O) groups excluding carboxylic acids is 1. The second-order valence-electron chi connectivity index (χ2n) is 32.7. The molecule has 34 heteroatoms. The molecule has 630 valence electrons. The average Bonchev–Trinajstić information content (AvgIpc) is 0.865. The van der Waals surface area contributed by atoms with Crippen molar-refractivity contribution in [2.45, 2.75) is 143 Å². The first-order valence-electron chi connectivity index (χ1n) is 41.6. The number of aliphatic hydroxyl groups excluding tert-OH is 1. The van der Waals surface area contributed by atoms with Gasteiger partial charge in [0.25, 0.3) is 0 Å². The maximum Gasteiger partial charge on any atom is 0.163 e. The highest BCUT2D eigenvalue weighted by molar-refractivity contribution is 6.05. The number of fused-ring (bicyclic) bond motifs is 6. The topological polar surface area (TPSA) is 355 Å². The summed E-state index contributed by atoms with van der Waals surface area (Å²) in [6.07, 6.45) is 28.4. The maximum atomic E-state index is 12.8. The lowest BCUT2D eigenvalue weighted by Gasteiger charge is -2.56. The van der Waals surface area contributed by atoms with Crippen molar-refractivity contribution in [2.24, 2.45) is 4.99 Å². The van der Waals surface area contributed by atoms with Crippen LogP contribution in [0.5, 0.6) is 0 Å². The lowest BCUT2D eigenvalue weighted by atomic mass is 9.87. The van der Waals surface area contributed by atoms with Gasteiger partial charge >= 0.3 is 0 Å². The van der Waals surface area contributed by atoms with Crippen LogP contribution in [0.25, 0.3) is 51.6 Å². The lowest BCUT2D eigenvalue weighted by Crippen LogP contribution is -2.68. The Hall–Kier alpha value is -13.8. The van der Waals surface area contributed by atoms with E-state index in [4.69, 9.17) is 19.9 Å². The summed E-state index contributed by atoms with van der Waals surface area (Å²) in [5, 5.41) is 43.2. The Bertz CT molecular complexity index is 5840. The molecule has 6 atom stereocenters. The van der Waals surface area contributed by atoms with Gasteiger partial charge in [0.2, 0.25) is 0 Å². The molecule has 32 nitrogen and oxygen atoms in total. The molecule has 9 fully saturated rings. The van der Waals surface area contributed by atoms with Crippen LogP contribution in [0, 0.1) is 34.6 Å². The number of hydrogen-bond acceptors (Lipinski definition) is 27. The molecule has 0 aromatic carbocycles. The standard InChI is InChI=1S/C30H31FN10.C30H32N10O.C20H23N7.C10H8FN3O/c1-19-7-24(9-25-8-20(2)37-38-25)36-30(35-19)23-4-6-28(33-14-23)39-17-26-10-27(18-39)40(26)15-21-3-5-29(32-12-21)41-16-22(11-31)13-34-41;1-19-7-24(9-25-8-20(2)36-37-25)35-30(34-19)23-4-6-28(32-13-23)38-16-26-10-27(17-38)39(26)14-21-3-5-29(31-11-21)40-15-22(18-41)12-33-40;1-12-5-17(21-8-12)25-18-6-13(2)23-20(26-18)14-3-4-19(22-9-14)27-10-15-7-16(11-27)24-15;11-3-9-5-13-14(6-9)10-2-1-8(7-15)4-12-10/h3-8,12-14,16,26-27H,9-11,15,17-18H2,1-2H3,(H,37,38);3-8,11-13,15,26-27,41H,9-10,14,16-18H2,1-2H3,(H,36,37);3-6,9,15-16,24H,7-8,10-11H2,1-2H3,(H,21,23,25,26);1-2,4-7H,3H2. The molecule has 9 saturated heterocycles. The van der Waals surface area contributed by atoms with E-state index in [0.717, 1.165) is 173 Å². The van der Waals surface area contributed by atoms with E-state index < -0.39 is 13.3 Å². The van der Waals surface area contributed by atoms with Crippen molar-refractivity contribution in [3.05, 3.63) is 274 Å². The summed E-state index contributed by atoms with van der Waals surface area (Å²) in [6.45, 7) is 19.3. The number of nitrogens with zero attached hydrogens (tertiary/aromatic N) is 26. The third-order valence-corrected chi connectivity index (χ3v) is 23.0. The van der Waals surface area contributed by atoms with Gasteiger partial charge in [-0.25, -0.2) is 82.6 Å². The molecule has 10 aliphatic rings. The zero-order chi connectivity index (χ0) is 84.9. The molecule has 124 heavy (non-hydrogen) atoms. The fourth-order valence-corrected chi connectivity index (χ4v) is 16.8. The van der Waals surface area contributed by atoms with Crippen molar-refractivity contribution in [1.82, 2.24) is 125 Å². The summed E-state index contributed by atoms with van der Waals surface area (Å²) in [5.41, 5.74) is 17.3. The van der Waals surface area contributed by atoms with Crippen LogP contribution in [-0.2, 0) is 45.9 Å². The number of aldehydes is 1. The van der Waals surface area contributed by atoms with Crippen molar-refractivity contribution in [1.29, 1.82) is 0 Å². The summed E-state index contributed by atoms with van der Waals surface area (Å²) in [4.78, 5) is 82.7. The van der Waals surface area contributed by atoms with Gasteiger partial charge < -0.3 is 30.4 Å².